The first kappa shape index (κ1) is 20.6. The Bertz CT molecular complexity index is 686. The third-order valence-electron chi connectivity index (χ3n) is 4.53. The number of carbonyl (C=O) groups is 2. The number of rotatable bonds is 8. The van der Waals surface area contributed by atoms with Gasteiger partial charge < -0.3 is 19.7 Å². The van der Waals surface area contributed by atoms with Crippen LogP contribution in [0.2, 0.25) is 0 Å². The molecule has 0 atom stereocenters. The summed E-state index contributed by atoms with van der Waals surface area (Å²) in [5.74, 6) is -0.0951. The number of esters is 1. The molecule has 1 aliphatic heterocycles. The van der Waals surface area contributed by atoms with Crippen LogP contribution in [0.3, 0.4) is 0 Å². The number of piperidine rings is 1. The third kappa shape index (κ3) is 5.92. The van der Waals surface area contributed by atoms with E-state index in [1.807, 2.05) is 0 Å². The maximum atomic E-state index is 12.2. The number of anilines is 1. The van der Waals surface area contributed by atoms with Gasteiger partial charge in [0, 0.05) is 25.1 Å². The second-order valence-electron chi connectivity index (χ2n) is 6.31. The van der Waals surface area contributed by atoms with Crippen LogP contribution in [0, 0.1) is 16.0 Å². The lowest BCUT2D eigenvalue weighted by Crippen LogP contribution is -2.38. The third-order valence-corrected chi connectivity index (χ3v) is 4.53. The van der Waals surface area contributed by atoms with Crippen LogP contribution in [0.25, 0.3) is 0 Å². The number of ether oxygens (including phenoxy) is 2. The van der Waals surface area contributed by atoms with E-state index < -0.39 is 4.92 Å². The summed E-state index contributed by atoms with van der Waals surface area (Å²) in [7, 11) is 1.44. The zero-order valence-corrected chi connectivity index (χ0v) is 15.6. The number of nitro groups is 1. The van der Waals surface area contributed by atoms with Crippen molar-refractivity contribution < 1.29 is 24.0 Å². The predicted molar refractivity (Wildman–Crippen MR) is 98.7 cm³/mol. The molecule has 0 unspecified atom stereocenters. The number of carbonyl (C=O) groups excluding carboxylic acids is 2. The lowest BCUT2D eigenvalue weighted by Gasteiger charge is -2.30. The molecule has 148 valence electrons. The van der Waals surface area contributed by atoms with Crippen LogP contribution in [0.4, 0.5) is 11.4 Å². The zero-order valence-electron chi connectivity index (χ0n) is 15.6. The van der Waals surface area contributed by atoms with Crippen LogP contribution in [0.5, 0.6) is 5.75 Å². The fourth-order valence-corrected chi connectivity index (χ4v) is 3.03. The summed E-state index contributed by atoms with van der Waals surface area (Å²) in [5, 5.41) is 13.6. The van der Waals surface area contributed by atoms with Gasteiger partial charge in [-0.3, -0.25) is 19.7 Å². The number of amides is 1. The summed E-state index contributed by atoms with van der Waals surface area (Å²) < 4.78 is 10.2. The Balaban J connectivity index is 1.83. The van der Waals surface area contributed by atoms with Gasteiger partial charge in [0.25, 0.3) is 5.69 Å². The van der Waals surface area contributed by atoms with Crippen LogP contribution < -0.4 is 10.1 Å². The van der Waals surface area contributed by atoms with E-state index in [1.165, 1.54) is 25.3 Å². The number of nitro benzene ring substituents is 1. The average Bonchev–Trinajstić information content (AvgIpc) is 2.66. The molecule has 1 N–H and O–H groups in total. The van der Waals surface area contributed by atoms with Crippen LogP contribution in [-0.4, -0.2) is 55.1 Å². The maximum absolute atomic E-state index is 12.2. The summed E-state index contributed by atoms with van der Waals surface area (Å²) in [4.78, 5) is 36.5. The van der Waals surface area contributed by atoms with Crippen LogP contribution in [0.1, 0.15) is 26.2 Å². The summed E-state index contributed by atoms with van der Waals surface area (Å²) in [6.45, 7) is 4.20. The van der Waals surface area contributed by atoms with Gasteiger partial charge >= 0.3 is 5.97 Å². The lowest BCUT2D eigenvalue weighted by atomic mass is 9.97. The van der Waals surface area contributed by atoms with E-state index in [4.69, 9.17) is 9.47 Å². The molecular weight excluding hydrogens is 354 g/mol. The molecule has 1 saturated heterocycles. The van der Waals surface area contributed by atoms with Crippen molar-refractivity contribution in [3.05, 3.63) is 28.3 Å². The summed E-state index contributed by atoms with van der Waals surface area (Å²) in [6, 6.07) is 4.05. The van der Waals surface area contributed by atoms with Gasteiger partial charge in [-0.25, -0.2) is 0 Å². The Kier molecular flexibility index (Phi) is 7.54. The summed E-state index contributed by atoms with van der Waals surface area (Å²) in [5.41, 5.74) is 0.157. The Morgan fingerprint density at radius 3 is 2.63 bits per heavy atom. The highest BCUT2D eigenvalue weighted by atomic mass is 16.6. The SMILES string of the molecule is CCOC(=O)C1CCN(CCC(=O)Nc2cc([N+](=O)[O-])ccc2OC)CC1. The topological polar surface area (TPSA) is 111 Å². The predicted octanol–water partition coefficient (Wildman–Crippen LogP) is 2.21. The molecule has 9 nitrogen and oxygen atoms in total. The van der Waals surface area contributed by atoms with Crippen molar-refractivity contribution in [1.29, 1.82) is 0 Å². The molecular formula is C18H25N3O6. The van der Waals surface area contributed by atoms with Gasteiger partial charge in [-0.05, 0) is 38.9 Å². The monoisotopic (exact) mass is 379 g/mol. The maximum Gasteiger partial charge on any atom is 0.309 e. The van der Waals surface area contributed by atoms with Crippen molar-refractivity contribution in [1.82, 2.24) is 4.90 Å². The number of benzene rings is 1. The highest BCUT2D eigenvalue weighted by Gasteiger charge is 2.26. The number of nitrogens with one attached hydrogen (secondary N) is 1. The fourth-order valence-electron chi connectivity index (χ4n) is 3.03. The Hall–Kier alpha value is -2.68. The number of hydrogen-bond acceptors (Lipinski definition) is 7. The minimum Gasteiger partial charge on any atom is -0.495 e. The van der Waals surface area contributed by atoms with Gasteiger partial charge in [0.05, 0.1) is 30.2 Å². The Labute approximate surface area is 157 Å². The number of methoxy groups -OCH3 is 1. The van der Waals surface area contributed by atoms with Crippen LogP contribution >= 0.6 is 0 Å². The van der Waals surface area contributed by atoms with Gasteiger partial charge in [0.15, 0.2) is 0 Å². The van der Waals surface area contributed by atoms with E-state index in [2.05, 4.69) is 10.2 Å². The summed E-state index contributed by atoms with van der Waals surface area (Å²) in [6.07, 6.45) is 1.69. The molecule has 1 amide bonds. The first-order valence-electron chi connectivity index (χ1n) is 8.95. The molecule has 0 bridgehead atoms. The van der Waals surface area contributed by atoms with E-state index in [9.17, 15) is 19.7 Å². The number of nitrogens with zero attached hydrogens (tertiary/aromatic N) is 2. The standard InChI is InChI=1S/C18H25N3O6/c1-3-27-18(23)13-6-9-20(10-7-13)11-8-17(22)19-15-12-14(21(24)25)4-5-16(15)26-2/h4-5,12-13H,3,6-11H2,1-2H3,(H,19,22). The van der Waals surface area contributed by atoms with E-state index in [0.29, 0.717) is 18.9 Å². The molecule has 0 radical (unpaired) electrons. The second kappa shape index (κ2) is 9.86. The molecule has 9 heteroatoms. The zero-order chi connectivity index (χ0) is 19.8. The number of non-ortho nitro benzene ring substituents is 1. The molecule has 1 heterocycles. The van der Waals surface area contributed by atoms with Gasteiger partial charge in [-0.15, -0.1) is 0 Å². The first-order chi connectivity index (χ1) is 12.9. The largest absolute Gasteiger partial charge is 0.495 e. The molecule has 1 aromatic rings. The van der Waals surface area contributed by atoms with Crippen LogP contribution in [-0.2, 0) is 14.3 Å². The Morgan fingerprint density at radius 1 is 1.33 bits per heavy atom. The molecule has 0 aromatic heterocycles. The minimum absolute atomic E-state index is 0.0656. The Morgan fingerprint density at radius 2 is 2.04 bits per heavy atom. The molecule has 1 aliphatic rings. The molecule has 0 saturated carbocycles. The van der Waals surface area contributed by atoms with Crippen molar-refractivity contribution in [3.8, 4) is 5.75 Å². The van der Waals surface area contributed by atoms with Crippen molar-refractivity contribution in [2.24, 2.45) is 5.92 Å². The minimum atomic E-state index is -0.525. The van der Waals surface area contributed by atoms with Crippen LogP contribution in [0.15, 0.2) is 18.2 Å². The molecule has 0 aliphatic carbocycles. The molecule has 2 rings (SSSR count). The van der Waals surface area contributed by atoms with E-state index in [1.54, 1.807) is 6.92 Å². The van der Waals surface area contributed by atoms with Gasteiger partial charge in [0.2, 0.25) is 5.91 Å². The lowest BCUT2D eigenvalue weighted by molar-refractivity contribution is -0.384. The smallest absolute Gasteiger partial charge is 0.309 e. The quantitative estimate of drug-likeness (QED) is 0.419. The van der Waals surface area contributed by atoms with Crippen molar-refractivity contribution in [2.45, 2.75) is 26.2 Å². The molecule has 1 fully saturated rings. The van der Waals surface area contributed by atoms with E-state index in [0.717, 1.165) is 25.9 Å². The van der Waals surface area contributed by atoms with Gasteiger partial charge in [-0.2, -0.15) is 0 Å². The number of hydrogen-bond donors (Lipinski definition) is 1. The molecule has 1 aromatic carbocycles. The van der Waals surface area contributed by atoms with E-state index in [-0.39, 0.29) is 35.6 Å². The summed E-state index contributed by atoms with van der Waals surface area (Å²) >= 11 is 0. The van der Waals surface area contributed by atoms with Crippen molar-refractivity contribution in [3.63, 3.8) is 0 Å². The molecule has 0 spiro atoms. The van der Waals surface area contributed by atoms with E-state index >= 15 is 0 Å². The highest BCUT2D eigenvalue weighted by Crippen LogP contribution is 2.29. The van der Waals surface area contributed by atoms with Gasteiger partial charge in [-0.1, -0.05) is 0 Å². The average molecular weight is 379 g/mol. The van der Waals surface area contributed by atoms with Gasteiger partial charge in [0.1, 0.15) is 5.75 Å². The highest BCUT2D eigenvalue weighted by molar-refractivity contribution is 5.92. The number of likely N-dealkylation sites (tertiary alicyclic amines) is 1. The molecule has 27 heavy (non-hydrogen) atoms. The van der Waals surface area contributed by atoms with Crippen molar-refractivity contribution >= 4 is 23.3 Å². The first-order valence-corrected chi connectivity index (χ1v) is 8.95. The second-order valence-corrected chi connectivity index (χ2v) is 6.31. The fraction of sp³-hybridized carbons (Fsp3) is 0.556. The normalized spacial score (nSPS) is 15.2. The van der Waals surface area contributed by atoms with Crippen molar-refractivity contribution in [2.75, 3.05) is 38.7 Å².